The number of esters is 1. The molecule has 0 unspecified atom stereocenters. The summed E-state index contributed by atoms with van der Waals surface area (Å²) in [7, 11) is 2.99. The van der Waals surface area contributed by atoms with Crippen LogP contribution in [-0.2, 0) is 9.53 Å². The number of hydrogen-bond acceptors (Lipinski definition) is 7. The van der Waals surface area contributed by atoms with Crippen LogP contribution in [0.3, 0.4) is 0 Å². The molecule has 0 N–H and O–H groups in total. The van der Waals surface area contributed by atoms with Gasteiger partial charge in [0.2, 0.25) is 0 Å². The lowest BCUT2D eigenvalue weighted by atomic mass is 10.3. The number of benzene rings is 1. The number of thioether (sulfide) groups is 2. The fourth-order valence-corrected chi connectivity index (χ4v) is 4.27. The lowest BCUT2D eigenvalue weighted by Crippen LogP contribution is -2.03. The molecule has 1 aliphatic heterocycles. The number of rotatable bonds is 5. The van der Waals surface area contributed by atoms with Crippen molar-refractivity contribution in [2.24, 2.45) is 10.2 Å². The molecule has 0 bridgehead atoms. The Morgan fingerprint density at radius 1 is 1.27 bits per heavy atom. The highest BCUT2D eigenvalue weighted by molar-refractivity contribution is 8.22. The van der Waals surface area contributed by atoms with Crippen molar-refractivity contribution in [2.75, 3.05) is 25.7 Å². The molecule has 5 nitrogen and oxygen atoms in total. The lowest BCUT2D eigenvalue weighted by Gasteiger charge is -2.14. The van der Waals surface area contributed by atoms with Crippen LogP contribution in [0.15, 0.2) is 44.4 Å². The number of ether oxygens (including phenoxy) is 2. The third-order valence-electron chi connectivity index (χ3n) is 2.87. The van der Waals surface area contributed by atoms with Crippen molar-refractivity contribution in [3.05, 3.63) is 34.2 Å². The molecule has 0 saturated carbocycles. The van der Waals surface area contributed by atoms with E-state index in [0.29, 0.717) is 11.4 Å². The minimum absolute atomic E-state index is 0.138. The van der Waals surface area contributed by atoms with Gasteiger partial charge in [-0.15, -0.1) is 23.5 Å². The van der Waals surface area contributed by atoms with E-state index in [1.165, 1.54) is 7.11 Å². The molecule has 1 aromatic rings. The van der Waals surface area contributed by atoms with Crippen molar-refractivity contribution in [3.8, 4) is 5.75 Å². The van der Waals surface area contributed by atoms with E-state index in [0.717, 1.165) is 27.9 Å². The van der Waals surface area contributed by atoms with Crippen molar-refractivity contribution in [2.45, 2.75) is 12.8 Å². The van der Waals surface area contributed by atoms with E-state index in [2.05, 4.69) is 10.2 Å². The molecule has 0 radical (unpaired) electrons. The minimum atomic E-state index is -0.307. The number of nitrogens with zero attached hydrogens (tertiary/aromatic N) is 2. The van der Waals surface area contributed by atoms with Crippen LogP contribution >= 0.6 is 23.5 Å². The molecule has 0 aromatic heterocycles. The predicted molar refractivity (Wildman–Crippen MR) is 90.7 cm³/mol. The summed E-state index contributed by atoms with van der Waals surface area (Å²) in [5.41, 5.74) is 1.36. The highest BCUT2D eigenvalue weighted by Gasteiger charge is 2.16. The van der Waals surface area contributed by atoms with Gasteiger partial charge >= 0.3 is 5.97 Å². The van der Waals surface area contributed by atoms with Gasteiger partial charge in [0.1, 0.15) is 5.75 Å². The Morgan fingerprint density at radius 3 is 2.73 bits per heavy atom. The zero-order chi connectivity index (χ0) is 15.8. The molecule has 22 heavy (non-hydrogen) atoms. The molecule has 1 saturated heterocycles. The topological polar surface area (TPSA) is 60.2 Å². The van der Waals surface area contributed by atoms with Gasteiger partial charge in [-0.25, -0.2) is 0 Å². The van der Waals surface area contributed by atoms with Gasteiger partial charge in [0.05, 0.1) is 36.3 Å². The Bertz CT molecular complexity index is 580. The first-order valence-corrected chi connectivity index (χ1v) is 8.81. The van der Waals surface area contributed by atoms with Crippen molar-refractivity contribution in [1.82, 2.24) is 0 Å². The van der Waals surface area contributed by atoms with Gasteiger partial charge in [-0.2, -0.15) is 10.2 Å². The smallest absolute Gasteiger partial charge is 0.311 e. The van der Waals surface area contributed by atoms with Crippen LogP contribution in [0.4, 0.5) is 5.69 Å². The van der Waals surface area contributed by atoms with E-state index >= 15 is 0 Å². The van der Waals surface area contributed by atoms with E-state index in [-0.39, 0.29) is 12.4 Å². The Morgan fingerprint density at radius 2 is 2.05 bits per heavy atom. The van der Waals surface area contributed by atoms with Crippen LogP contribution < -0.4 is 4.74 Å². The van der Waals surface area contributed by atoms with Crippen molar-refractivity contribution >= 4 is 35.2 Å². The van der Waals surface area contributed by atoms with Crippen LogP contribution in [0.2, 0.25) is 0 Å². The monoisotopic (exact) mass is 338 g/mol. The first-order chi connectivity index (χ1) is 10.7. The molecule has 1 heterocycles. The molecule has 0 atom stereocenters. The first kappa shape index (κ1) is 16.9. The number of carbonyl (C=O) groups is 1. The molecule has 1 fully saturated rings. The van der Waals surface area contributed by atoms with E-state index in [9.17, 15) is 4.79 Å². The van der Waals surface area contributed by atoms with Gasteiger partial charge in [0.15, 0.2) is 0 Å². The molecular formula is C15H18N2O3S2. The summed E-state index contributed by atoms with van der Waals surface area (Å²) in [5.74, 6) is 2.50. The molecule has 1 aliphatic rings. The second-order valence-electron chi connectivity index (χ2n) is 4.44. The van der Waals surface area contributed by atoms with Gasteiger partial charge in [-0.05, 0) is 30.1 Å². The first-order valence-electron chi connectivity index (χ1n) is 6.84. The van der Waals surface area contributed by atoms with E-state index in [1.807, 2.05) is 18.2 Å². The van der Waals surface area contributed by atoms with Crippen LogP contribution in [0.1, 0.15) is 12.8 Å². The summed E-state index contributed by atoms with van der Waals surface area (Å²) in [5, 5.41) is 8.52. The van der Waals surface area contributed by atoms with Crippen molar-refractivity contribution in [3.63, 3.8) is 0 Å². The molecule has 0 spiro atoms. The molecule has 7 heteroatoms. The van der Waals surface area contributed by atoms with Crippen molar-refractivity contribution in [1.29, 1.82) is 0 Å². The summed E-state index contributed by atoms with van der Waals surface area (Å²) in [6.45, 7) is 0. The summed E-state index contributed by atoms with van der Waals surface area (Å²) in [6, 6.07) is 7.34. The third kappa shape index (κ3) is 5.06. The molecule has 1 aromatic carbocycles. The SMILES string of the molecule is COC(=O)CC(N=Nc1cccc(OC)c1)=C1SCCCS1. The minimum Gasteiger partial charge on any atom is -0.497 e. The summed E-state index contributed by atoms with van der Waals surface area (Å²) >= 11 is 3.45. The standard InChI is InChI=1S/C15H18N2O3S2/c1-19-12-6-3-5-11(9-12)16-17-13(10-14(18)20-2)15-21-7-4-8-22-15/h3,5-6,9H,4,7-8,10H2,1-2H3. The Balaban J connectivity index is 2.21. The fraction of sp³-hybridized carbons (Fsp3) is 0.400. The van der Waals surface area contributed by atoms with Crippen LogP contribution in [0.5, 0.6) is 5.75 Å². The van der Waals surface area contributed by atoms with Gasteiger partial charge in [0, 0.05) is 6.07 Å². The Hall–Kier alpha value is -1.47. The number of hydrogen-bond donors (Lipinski definition) is 0. The average molecular weight is 338 g/mol. The third-order valence-corrected chi connectivity index (χ3v) is 5.56. The van der Waals surface area contributed by atoms with Gasteiger partial charge in [0.25, 0.3) is 0 Å². The van der Waals surface area contributed by atoms with E-state index < -0.39 is 0 Å². The molecule has 2 rings (SSSR count). The highest BCUT2D eigenvalue weighted by atomic mass is 32.2. The normalized spacial score (nSPS) is 14.9. The maximum Gasteiger partial charge on any atom is 0.311 e. The van der Waals surface area contributed by atoms with Crippen LogP contribution in [0.25, 0.3) is 0 Å². The van der Waals surface area contributed by atoms with Crippen molar-refractivity contribution < 1.29 is 14.3 Å². The van der Waals surface area contributed by atoms with Crippen LogP contribution in [-0.4, -0.2) is 31.7 Å². The Labute approximate surface area is 138 Å². The van der Waals surface area contributed by atoms with Crippen LogP contribution in [0, 0.1) is 0 Å². The predicted octanol–water partition coefficient (Wildman–Crippen LogP) is 4.38. The molecule has 118 valence electrons. The van der Waals surface area contributed by atoms with E-state index in [1.54, 1.807) is 36.7 Å². The molecular weight excluding hydrogens is 320 g/mol. The number of azo groups is 1. The summed E-state index contributed by atoms with van der Waals surface area (Å²) in [6.07, 6.45) is 1.30. The number of carbonyl (C=O) groups excluding carboxylic acids is 1. The molecule has 0 amide bonds. The fourth-order valence-electron chi connectivity index (χ4n) is 1.74. The average Bonchev–Trinajstić information content (AvgIpc) is 2.59. The van der Waals surface area contributed by atoms with Gasteiger partial charge in [-0.1, -0.05) is 6.07 Å². The quantitative estimate of drug-likeness (QED) is 0.589. The highest BCUT2D eigenvalue weighted by Crippen LogP contribution is 2.39. The largest absolute Gasteiger partial charge is 0.497 e. The molecule has 0 aliphatic carbocycles. The maximum absolute atomic E-state index is 11.6. The second-order valence-corrected chi connectivity index (χ2v) is 6.91. The van der Waals surface area contributed by atoms with E-state index in [4.69, 9.17) is 9.47 Å². The number of methoxy groups -OCH3 is 2. The zero-order valence-corrected chi connectivity index (χ0v) is 14.2. The lowest BCUT2D eigenvalue weighted by molar-refractivity contribution is -0.139. The zero-order valence-electron chi connectivity index (χ0n) is 12.6. The maximum atomic E-state index is 11.6. The van der Waals surface area contributed by atoms with Gasteiger partial charge in [-0.3, -0.25) is 4.79 Å². The Kier molecular flexibility index (Phi) is 6.79. The second kappa shape index (κ2) is 8.85. The summed E-state index contributed by atoms with van der Waals surface area (Å²) in [4.78, 5) is 11.6. The summed E-state index contributed by atoms with van der Waals surface area (Å²) < 4.78 is 11.0. The van der Waals surface area contributed by atoms with Gasteiger partial charge < -0.3 is 9.47 Å².